The molecule has 56 valence electrons. The zero-order valence-corrected chi connectivity index (χ0v) is 6.68. The molecule has 0 aromatic carbocycles. The summed E-state index contributed by atoms with van der Waals surface area (Å²) in [5, 5.41) is 11.3. The zero-order chi connectivity index (χ0) is 7.98. The SMILES string of the molecule is CC/C(=N\C#N)NC(C)C. The maximum absolute atomic E-state index is 8.20. The molecule has 3 heteroatoms. The van der Waals surface area contributed by atoms with Gasteiger partial charge in [0.05, 0.1) is 0 Å². The third-order valence-corrected chi connectivity index (χ3v) is 0.975. The van der Waals surface area contributed by atoms with Crippen LogP contribution in [0.2, 0.25) is 0 Å². The lowest BCUT2D eigenvalue weighted by Gasteiger charge is -2.08. The third kappa shape index (κ3) is 3.90. The van der Waals surface area contributed by atoms with Gasteiger partial charge >= 0.3 is 0 Å². The molecule has 0 amide bonds. The Morgan fingerprint density at radius 3 is 2.60 bits per heavy atom. The van der Waals surface area contributed by atoms with E-state index in [0.717, 1.165) is 12.3 Å². The number of amidine groups is 1. The van der Waals surface area contributed by atoms with Gasteiger partial charge in [-0.1, -0.05) is 6.92 Å². The highest BCUT2D eigenvalue weighted by atomic mass is 15.0. The van der Waals surface area contributed by atoms with Crippen LogP contribution in [-0.4, -0.2) is 11.9 Å². The molecule has 0 fully saturated rings. The topological polar surface area (TPSA) is 48.2 Å². The predicted octanol–water partition coefficient (Wildman–Crippen LogP) is 1.27. The summed E-state index contributed by atoms with van der Waals surface area (Å²) >= 11 is 0. The molecule has 0 atom stereocenters. The van der Waals surface area contributed by atoms with Crippen molar-refractivity contribution in [2.24, 2.45) is 4.99 Å². The summed E-state index contributed by atoms with van der Waals surface area (Å²) in [4.78, 5) is 3.59. The van der Waals surface area contributed by atoms with Crippen molar-refractivity contribution < 1.29 is 0 Å². The van der Waals surface area contributed by atoms with Crippen LogP contribution in [0.1, 0.15) is 27.2 Å². The second-order valence-corrected chi connectivity index (χ2v) is 2.31. The van der Waals surface area contributed by atoms with Crippen molar-refractivity contribution in [2.45, 2.75) is 33.2 Å². The minimum absolute atomic E-state index is 0.354. The fourth-order valence-corrected chi connectivity index (χ4v) is 0.607. The summed E-state index contributed by atoms with van der Waals surface area (Å²) in [5.74, 6) is 0.762. The summed E-state index contributed by atoms with van der Waals surface area (Å²) in [7, 11) is 0. The molecule has 0 unspecified atom stereocenters. The quantitative estimate of drug-likeness (QED) is 0.356. The van der Waals surface area contributed by atoms with Crippen LogP contribution >= 0.6 is 0 Å². The summed E-state index contributed by atoms with van der Waals surface area (Å²) in [6.45, 7) is 6.00. The van der Waals surface area contributed by atoms with Crippen molar-refractivity contribution in [3.05, 3.63) is 0 Å². The van der Waals surface area contributed by atoms with E-state index in [9.17, 15) is 0 Å². The Balaban J connectivity index is 3.86. The Morgan fingerprint density at radius 1 is 1.70 bits per heavy atom. The Labute approximate surface area is 61.8 Å². The molecular formula is C7H13N3. The molecule has 0 spiro atoms. The van der Waals surface area contributed by atoms with Gasteiger partial charge in [0.25, 0.3) is 0 Å². The Kier molecular flexibility index (Phi) is 4.30. The van der Waals surface area contributed by atoms with Gasteiger partial charge in [-0.15, -0.1) is 0 Å². The van der Waals surface area contributed by atoms with E-state index in [0.29, 0.717) is 6.04 Å². The Morgan fingerprint density at radius 2 is 2.30 bits per heavy atom. The zero-order valence-electron chi connectivity index (χ0n) is 6.68. The van der Waals surface area contributed by atoms with Crippen molar-refractivity contribution in [3.63, 3.8) is 0 Å². The van der Waals surface area contributed by atoms with E-state index in [1.165, 1.54) is 0 Å². The molecule has 0 aromatic heterocycles. The van der Waals surface area contributed by atoms with E-state index in [1.807, 2.05) is 20.8 Å². The second-order valence-electron chi connectivity index (χ2n) is 2.31. The summed E-state index contributed by atoms with van der Waals surface area (Å²) in [6, 6.07) is 0.354. The minimum Gasteiger partial charge on any atom is -0.371 e. The average molecular weight is 139 g/mol. The van der Waals surface area contributed by atoms with Crippen LogP contribution in [-0.2, 0) is 0 Å². The fourth-order valence-electron chi connectivity index (χ4n) is 0.607. The lowest BCUT2D eigenvalue weighted by molar-refractivity contribution is 0.723. The van der Waals surface area contributed by atoms with Crippen LogP contribution in [0.15, 0.2) is 4.99 Å². The first kappa shape index (κ1) is 8.96. The van der Waals surface area contributed by atoms with E-state index in [1.54, 1.807) is 6.19 Å². The Hall–Kier alpha value is -1.04. The van der Waals surface area contributed by atoms with Gasteiger partial charge in [-0.3, -0.25) is 0 Å². The van der Waals surface area contributed by atoms with Crippen LogP contribution in [0.25, 0.3) is 0 Å². The molecule has 0 saturated heterocycles. The van der Waals surface area contributed by atoms with Gasteiger partial charge in [-0.05, 0) is 13.8 Å². The van der Waals surface area contributed by atoms with E-state index >= 15 is 0 Å². The van der Waals surface area contributed by atoms with Crippen LogP contribution in [0.4, 0.5) is 0 Å². The monoisotopic (exact) mass is 139 g/mol. The van der Waals surface area contributed by atoms with Crippen LogP contribution in [0.5, 0.6) is 0 Å². The fraction of sp³-hybridized carbons (Fsp3) is 0.714. The first-order valence-electron chi connectivity index (χ1n) is 3.42. The van der Waals surface area contributed by atoms with Crippen molar-refractivity contribution in [1.82, 2.24) is 5.32 Å². The van der Waals surface area contributed by atoms with Crippen LogP contribution in [0.3, 0.4) is 0 Å². The van der Waals surface area contributed by atoms with Crippen molar-refractivity contribution >= 4 is 5.84 Å². The molecule has 3 nitrogen and oxygen atoms in total. The molecule has 0 radical (unpaired) electrons. The molecule has 0 saturated carbocycles. The summed E-state index contributed by atoms with van der Waals surface area (Å²) < 4.78 is 0. The average Bonchev–Trinajstić information content (AvgIpc) is 1.86. The van der Waals surface area contributed by atoms with Crippen LogP contribution < -0.4 is 5.32 Å². The number of nitrogens with one attached hydrogen (secondary N) is 1. The molecule has 0 aliphatic rings. The number of hydrogen-bond acceptors (Lipinski definition) is 2. The van der Waals surface area contributed by atoms with E-state index in [2.05, 4.69) is 10.3 Å². The minimum atomic E-state index is 0.354. The largest absolute Gasteiger partial charge is 0.371 e. The smallest absolute Gasteiger partial charge is 0.207 e. The lowest BCUT2D eigenvalue weighted by Crippen LogP contribution is -2.29. The Bertz CT molecular complexity index is 153. The molecular weight excluding hydrogens is 126 g/mol. The van der Waals surface area contributed by atoms with Crippen molar-refractivity contribution in [1.29, 1.82) is 5.26 Å². The standard InChI is InChI=1S/C7H13N3/c1-4-7(9-5-8)10-6(2)3/h6H,4H2,1-3H3,(H,9,10). The molecule has 1 N–H and O–H groups in total. The number of rotatable bonds is 2. The van der Waals surface area contributed by atoms with Gasteiger partial charge in [-0.2, -0.15) is 10.3 Å². The van der Waals surface area contributed by atoms with Crippen LogP contribution in [0, 0.1) is 11.5 Å². The first-order chi connectivity index (χ1) is 4.70. The number of hydrogen-bond donors (Lipinski definition) is 1. The van der Waals surface area contributed by atoms with Gasteiger partial charge in [0.2, 0.25) is 6.19 Å². The maximum Gasteiger partial charge on any atom is 0.207 e. The molecule has 0 rings (SSSR count). The van der Waals surface area contributed by atoms with Gasteiger partial charge in [0, 0.05) is 12.5 Å². The van der Waals surface area contributed by atoms with Gasteiger partial charge in [0.1, 0.15) is 5.84 Å². The first-order valence-corrected chi connectivity index (χ1v) is 3.42. The summed E-state index contributed by atoms with van der Waals surface area (Å²) in [5.41, 5.74) is 0. The highest BCUT2D eigenvalue weighted by Gasteiger charge is 1.95. The maximum atomic E-state index is 8.20. The van der Waals surface area contributed by atoms with Gasteiger partial charge in [0.15, 0.2) is 0 Å². The van der Waals surface area contributed by atoms with Gasteiger partial charge in [-0.25, -0.2) is 0 Å². The van der Waals surface area contributed by atoms with Crippen molar-refractivity contribution in [2.75, 3.05) is 0 Å². The second kappa shape index (κ2) is 4.80. The normalized spacial score (nSPS) is 11.3. The molecule has 0 heterocycles. The highest BCUT2D eigenvalue weighted by Crippen LogP contribution is 1.84. The molecule has 0 bridgehead atoms. The lowest BCUT2D eigenvalue weighted by atomic mass is 10.3. The molecule has 0 aromatic rings. The molecule has 0 aliphatic carbocycles. The number of nitriles is 1. The third-order valence-electron chi connectivity index (χ3n) is 0.975. The van der Waals surface area contributed by atoms with E-state index in [-0.39, 0.29) is 0 Å². The van der Waals surface area contributed by atoms with Crippen molar-refractivity contribution in [3.8, 4) is 6.19 Å². The number of nitrogens with zero attached hydrogens (tertiary/aromatic N) is 2. The molecule has 0 aliphatic heterocycles. The van der Waals surface area contributed by atoms with E-state index < -0.39 is 0 Å². The molecule has 10 heavy (non-hydrogen) atoms. The number of aliphatic imine (C=N–C) groups is 1. The highest BCUT2D eigenvalue weighted by molar-refractivity contribution is 5.82. The predicted molar refractivity (Wildman–Crippen MR) is 41.6 cm³/mol. The van der Waals surface area contributed by atoms with E-state index in [4.69, 9.17) is 5.26 Å². The van der Waals surface area contributed by atoms with Gasteiger partial charge < -0.3 is 5.32 Å². The summed E-state index contributed by atoms with van der Waals surface area (Å²) in [6.07, 6.45) is 2.53.